The number of benzene rings is 3. The quantitative estimate of drug-likeness (QED) is 0.290. The summed E-state index contributed by atoms with van der Waals surface area (Å²) in [5.41, 5.74) is 1.85. The predicted octanol–water partition coefficient (Wildman–Crippen LogP) is 5.36. The summed E-state index contributed by atoms with van der Waals surface area (Å²) in [6.45, 7) is 6.64. The molecule has 2 N–H and O–H groups in total. The average Bonchev–Trinajstić information content (AvgIpc) is 3.17. The van der Waals surface area contributed by atoms with Crippen molar-refractivity contribution in [1.82, 2.24) is 20.4 Å². The van der Waals surface area contributed by atoms with Gasteiger partial charge in [0.05, 0.1) is 6.04 Å². The molecule has 3 unspecified atom stereocenters. The highest BCUT2D eigenvalue weighted by Crippen LogP contribution is 2.23. The SMILES string of the molecule is CCCCN(C)C(=O)CCC1NC(CNC(=O)c2ccc3ccccc3c2)CCN(CC(CC)c2ccccc2)C1=O. The van der Waals surface area contributed by atoms with Crippen molar-refractivity contribution in [3.63, 3.8) is 0 Å². The Balaban J connectivity index is 1.44. The van der Waals surface area contributed by atoms with Crippen LogP contribution in [-0.4, -0.2) is 72.8 Å². The fraction of sp³-hybridized carbons (Fsp3) is 0.457. The van der Waals surface area contributed by atoms with E-state index in [-0.39, 0.29) is 29.7 Å². The summed E-state index contributed by atoms with van der Waals surface area (Å²) in [4.78, 5) is 43.5. The van der Waals surface area contributed by atoms with E-state index in [2.05, 4.69) is 36.6 Å². The van der Waals surface area contributed by atoms with Gasteiger partial charge in [-0.1, -0.05) is 80.9 Å². The largest absolute Gasteiger partial charge is 0.350 e. The van der Waals surface area contributed by atoms with Crippen LogP contribution in [0.2, 0.25) is 0 Å². The van der Waals surface area contributed by atoms with Crippen molar-refractivity contribution >= 4 is 28.5 Å². The molecule has 0 aliphatic carbocycles. The summed E-state index contributed by atoms with van der Waals surface area (Å²) in [5, 5.41) is 8.73. The molecule has 3 atom stereocenters. The number of hydrogen-bond acceptors (Lipinski definition) is 4. The summed E-state index contributed by atoms with van der Waals surface area (Å²) in [7, 11) is 1.84. The van der Waals surface area contributed by atoms with Crippen LogP contribution < -0.4 is 10.6 Å². The molecule has 1 heterocycles. The summed E-state index contributed by atoms with van der Waals surface area (Å²) < 4.78 is 0. The van der Waals surface area contributed by atoms with Gasteiger partial charge in [-0.2, -0.15) is 0 Å². The number of carbonyl (C=O) groups excluding carboxylic acids is 3. The third-order valence-electron chi connectivity index (χ3n) is 8.44. The van der Waals surface area contributed by atoms with Gasteiger partial charge in [-0.25, -0.2) is 0 Å². The monoisotopic (exact) mass is 570 g/mol. The third kappa shape index (κ3) is 8.41. The molecule has 0 bridgehead atoms. The fourth-order valence-corrected chi connectivity index (χ4v) is 5.72. The van der Waals surface area contributed by atoms with Crippen molar-refractivity contribution in [1.29, 1.82) is 0 Å². The molecule has 1 fully saturated rings. The van der Waals surface area contributed by atoms with Gasteiger partial charge in [0.2, 0.25) is 11.8 Å². The molecule has 1 aliphatic rings. The summed E-state index contributed by atoms with van der Waals surface area (Å²) in [6.07, 6.45) is 4.38. The highest BCUT2D eigenvalue weighted by atomic mass is 16.2. The molecule has 0 aromatic heterocycles. The standard InChI is InChI=1S/C35H46N4O3/c1-4-6-21-38(3)33(40)19-18-32-35(42)39(25-26(5-2)27-12-8-7-9-13-27)22-20-31(37-32)24-36-34(41)30-17-16-28-14-10-11-15-29(28)23-30/h7-17,23,26,31-32,37H,4-6,18-22,24-25H2,1-3H3,(H,36,41). The van der Waals surface area contributed by atoms with E-state index in [1.807, 2.05) is 72.6 Å². The normalized spacial score (nSPS) is 18.0. The van der Waals surface area contributed by atoms with Crippen LogP contribution in [0.4, 0.5) is 0 Å². The number of hydrogen-bond donors (Lipinski definition) is 2. The number of rotatable bonds is 13. The fourth-order valence-electron chi connectivity index (χ4n) is 5.72. The zero-order chi connectivity index (χ0) is 29.9. The van der Waals surface area contributed by atoms with Crippen molar-refractivity contribution in [2.45, 2.75) is 70.4 Å². The molecule has 0 saturated carbocycles. The molecule has 4 rings (SSSR count). The van der Waals surface area contributed by atoms with Crippen molar-refractivity contribution in [2.75, 3.05) is 33.2 Å². The van der Waals surface area contributed by atoms with Crippen LogP contribution in [-0.2, 0) is 9.59 Å². The molecule has 42 heavy (non-hydrogen) atoms. The Morgan fingerprint density at radius 2 is 1.76 bits per heavy atom. The van der Waals surface area contributed by atoms with Gasteiger partial charge in [-0.3, -0.25) is 14.4 Å². The predicted molar refractivity (Wildman–Crippen MR) is 169 cm³/mol. The van der Waals surface area contributed by atoms with E-state index in [9.17, 15) is 14.4 Å². The van der Waals surface area contributed by atoms with Crippen molar-refractivity contribution in [2.24, 2.45) is 0 Å². The van der Waals surface area contributed by atoms with Crippen LogP contribution in [0.1, 0.15) is 74.2 Å². The van der Waals surface area contributed by atoms with Crippen LogP contribution in [0.5, 0.6) is 0 Å². The summed E-state index contributed by atoms with van der Waals surface area (Å²) in [6, 6.07) is 23.5. The Hall–Kier alpha value is -3.71. The lowest BCUT2D eigenvalue weighted by Crippen LogP contribution is -2.49. The molecule has 0 spiro atoms. The number of nitrogens with one attached hydrogen (secondary N) is 2. The van der Waals surface area contributed by atoms with E-state index in [0.29, 0.717) is 38.0 Å². The number of carbonyl (C=O) groups is 3. The molecule has 0 radical (unpaired) electrons. The van der Waals surface area contributed by atoms with E-state index < -0.39 is 6.04 Å². The van der Waals surface area contributed by atoms with Crippen molar-refractivity contribution < 1.29 is 14.4 Å². The molecule has 3 aromatic rings. The minimum atomic E-state index is -0.480. The zero-order valence-corrected chi connectivity index (χ0v) is 25.4. The first-order valence-corrected chi connectivity index (χ1v) is 15.5. The molecular formula is C35H46N4O3. The van der Waals surface area contributed by atoms with Gasteiger partial charge >= 0.3 is 0 Å². The van der Waals surface area contributed by atoms with E-state index in [1.54, 1.807) is 4.90 Å². The maximum Gasteiger partial charge on any atom is 0.251 e. The van der Waals surface area contributed by atoms with Gasteiger partial charge in [-0.05, 0) is 54.2 Å². The van der Waals surface area contributed by atoms with Crippen molar-refractivity contribution in [3.8, 4) is 0 Å². The smallest absolute Gasteiger partial charge is 0.251 e. The Kier molecular flexibility index (Phi) is 11.5. The first-order valence-electron chi connectivity index (χ1n) is 15.5. The van der Waals surface area contributed by atoms with E-state index in [0.717, 1.165) is 43.0 Å². The van der Waals surface area contributed by atoms with Gasteiger partial charge < -0.3 is 20.4 Å². The molecule has 7 nitrogen and oxygen atoms in total. The van der Waals surface area contributed by atoms with Gasteiger partial charge in [0.25, 0.3) is 5.91 Å². The minimum Gasteiger partial charge on any atom is -0.350 e. The van der Waals surface area contributed by atoms with Crippen LogP contribution in [0, 0.1) is 0 Å². The molecular weight excluding hydrogens is 524 g/mol. The lowest BCUT2D eigenvalue weighted by Gasteiger charge is -2.29. The molecule has 3 aromatic carbocycles. The maximum atomic E-state index is 13.9. The van der Waals surface area contributed by atoms with Gasteiger partial charge in [0, 0.05) is 57.2 Å². The van der Waals surface area contributed by atoms with Crippen LogP contribution in [0.3, 0.4) is 0 Å². The summed E-state index contributed by atoms with van der Waals surface area (Å²) in [5.74, 6) is 0.207. The second-order valence-electron chi connectivity index (χ2n) is 11.5. The van der Waals surface area contributed by atoms with E-state index >= 15 is 0 Å². The van der Waals surface area contributed by atoms with Crippen LogP contribution in [0.25, 0.3) is 10.8 Å². The number of nitrogens with zero attached hydrogens (tertiary/aromatic N) is 2. The Labute approximate surface area is 250 Å². The number of fused-ring (bicyclic) bond motifs is 1. The average molecular weight is 571 g/mol. The topological polar surface area (TPSA) is 81.8 Å². The first kappa shape index (κ1) is 31.2. The number of unbranched alkanes of at least 4 members (excludes halogenated alkanes) is 1. The Morgan fingerprint density at radius 1 is 1.02 bits per heavy atom. The van der Waals surface area contributed by atoms with Gasteiger partial charge in [-0.15, -0.1) is 0 Å². The molecule has 1 saturated heterocycles. The Bertz CT molecular complexity index is 1330. The lowest BCUT2D eigenvalue weighted by molar-refractivity contribution is -0.134. The third-order valence-corrected chi connectivity index (χ3v) is 8.44. The molecule has 1 aliphatic heterocycles. The molecule has 3 amide bonds. The molecule has 224 valence electrons. The van der Waals surface area contributed by atoms with Gasteiger partial charge in [0.15, 0.2) is 0 Å². The number of amides is 3. The van der Waals surface area contributed by atoms with Crippen molar-refractivity contribution in [3.05, 3.63) is 83.9 Å². The molecule has 7 heteroatoms. The maximum absolute atomic E-state index is 13.9. The van der Waals surface area contributed by atoms with Gasteiger partial charge in [0.1, 0.15) is 0 Å². The van der Waals surface area contributed by atoms with E-state index in [4.69, 9.17) is 0 Å². The minimum absolute atomic E-state index is 0.0387. The van der Waals surface area contributed by atoms with Crippen LogP contribution >= 0.6 is 0 Å². The second kappa shape index (κ2) is 15.5. The summed E-state index contributed by atoms with van der Waals surface area (Å²) >= 11 is 0. The zero-order valence-electron chi connectivity index (χ0n) is 25.4. The van der Waals surface area contributed by atoms with E-state index in [1.165, 1.54) is 5.56 Å². The lowest BCUT2D eigenvalue weighted by atomic mass is 9.95. The highest BCUT2D eigenvalue weighted by molar-refractivity contribution is 5.98. The van der Waals surface area contributed by atoms with Crippen LogP contribution in [0.15, 0.2) is 72.8 Å². The highest BCUT2D eigenvalue weighted by Gasteiger charge is 2.32. The first-order chi connectivity index (χ1) is 20.4. The second-order valence-corrected chi connectivity index (χ2v) is 11.5. The Morgan fingerprint density at radius 3 is 2.50 bits per heavy atom.